The Morgan fingerprint density at radius 1 is 1.36 bits per heavy atom. The second-order valence-electron chi connectivity index (χ2n) is 4.04. The molecular formula is C10H16N2OS. The number of aromatic nitrogens is 1. The van der Waals surface area contributed by atoms with Gasteiger partial charge in [-0.2, -0.15) is 0 Å². The van der Waals surface area contributed by atoms with Gasteiger partial charge in [0.25, 0.3) is 0 Å². The molecule has 0 bridgehead atoms. The van der Waals surface area contributed by atoms with E-state index >= 15 is 0 Å². The minimum absolute atomic E-state index is 0.326. The molecule has 1 aromatic heterocycles. The first-order valence-electron chi connectivity index (χ1n) is 4.44. The number of hydrogen-bond donors (Lipinski definition) is 1. The zero-order valence-electron chi connectivity index (χ0n) is 8.98. The third kappa shape index (κ3) is 2.62. The number of nitrogens with zero attached hydrogens (tertiary/aromatic N) is 2. The van der Waals surface area contributed by atoms with Crippen molar-refractivity contribution in [1.29, 1.82) is 0 Å². The van der Waals surface area contributed by atoms with Crippen LogP contribution in [-0.4, -0.2) is 22.0 Å². The molecule has 4 heteroatoms. The first kappa shape index (κ1) is 11.3. The van der Waals surface area contributed by atoms with Crippen LogP contribution in [0, 0.1) is 0 Å². The molecule has 3 nitrogen and oxygen atoms in total. The Bertz CT molecular complexity index is 292. The van der Waals surface area contributed by atoms with Crippen LogP contribution < -0.4 is 5.06 Å². The number of hydrogen-bond acceptors (Lipinski definition) is 4. The molecule has 0 aliphatic heterocycles. The van der Waals surface area contributed by atoms with E-state index in [9.17, 15) is 5.21 Å². The topological polar surface area (TPSA) is 36.4 Å². The van der Waals surface area contributed by atoms with Gasteiger partial charge in [-0.1, -0.05) is 0 Å². The van der Waals surface area contributed by atoms with Gasteiger partial charge in [-0.25, -0.2) is 10.0 Å². The minimum atomic E-state index is -0.326. The summed E-state index contributed by atoms with van der Waals surface area (Å²) in [4.78, 5) is 5.26. The molecule has 0 aliphatic carbocycles. The van der Waals surface area contributed by atoms with E-state index in [1.807, 2.05) is 39.2 Å². The van der Waals surface area contributed by atoms with Gasteiger partial charge in [0, 0.05) is 11.1 Å². The van der Waals surface area contributed by atoms with E-state index in [4.69, 9.17) is 0 Å². The van der Waals surface area contributed by atoms with Crippen LogP contribution in [0.3, 0.4) is 0 Å². The fourth-order valence-corrected chi connectivity index (χ4v) is 1.32. The molecule has 14 heavy (non-hydrogen) atoms. The van der Waals surface area contributed by atoms with Crippen molar-refractivity contribution >= 4 is 17.6 Å². The molecule has 0 saturated heterocycles. The van der Waals surface area contributed by atoms with Gasteiger partial charge in [-0.15, -0.1) is 11.8 Å². The molecule has 0 atom stereocenters. The number of pyridine rings is 1. The van der Waals surface area contributed by atoms with E-state index < -0.39 is 0 Å². The summed E-state index contributed by atoms with van der Waals surface area (Å²) in [7, 11) is 0. The molecule has 0 aliphatic rings. The molecule has 1 N–H and O–H groups in total. The SMILES string of the molecule is CSc1ccc(N(O)C(C)(C)C)nc1. The lowest BCUT2D eigenvalue weighted by atomic mass is 10.1. The maximum absolute atomic E-state index is 9.78. The summed E-state index contributed by atoms with van der Waals surface area (Å²) >= 11 is 1.63. The molecule has 0 amide bonds. The summed E-state index contributed by atoms with van der Waals surface area (Å²) < 4.78 is 0. The molecule has 0 unspecified atom stereocenters. The molecule has 0 aromatic carbocycles. The zero-order chi connectivity index (χ0) is 10.8. The van der Waals surface area contributed by atoms with Gasteiger partial charge >= 0.3 is 0 Å². The second kappa shape index (κ2) is 4.19. The molecule has 0 spiro atoms. The van der Waals surface area contributed by atoms with Crippen LogP contribution in [0.4, 0.5) is 5.82 Å². The average Bonchev–Trinajstić information content (AvgIpc) is 2.15. The summed E-state index contributed by atoms with van der Waals surface area (Å²) in [5.74, 6) is 0.579. The van der Waals surface area contributed by atoms with E-state index in [1.54, 1.807) is 18.0 Å². The van der Waals surface area contributed by atoms with Gasteiger partial charge in [0.15, 0.2) is 5.82 Å². The summed E-state index contributed by atoms with van der Waals surface area (Å²) in [5.41, 5.74) is -0.326. The fraction of sp³-hybridized carbons (Fsp3) is 0.500. The Labute approximate surface area is 89.1 Å². The molecule has 0 saturated carbocycles. The van der Waals surface area contributed by atoms with Crippen molar-refractivity contribution in [2.45, 2.75) is 31.2 Å². The van der Waals surface area contributed by atoms with Crippen LogP contribution in [0.15, 0.2) is 23.2 Å². The largest absolute Gasteiger partial charge is 0.286 e. The third-order valence-corrected chi connectivity index (χ3v) is 2.52. The Morgan fingerprint density at radius 3 is 2.36 bits per heavy atom. The Hall–Kier alpha value is -0.740. The second-order valence-corrected chi connectivity index (χ2v) is 4.92. The van der Waals surface area contributed by atoms with Crippen molar-refractivity contribution in [2.75, 3.05) is 11.3 Å². The Morgan fingerprint density at radius 2 is 2.00 bits per heavy atom. The van der Waals surface area contributed by atoms with Crippen molar-refractivity contribution in [1.82, 2.24) is 4.98 Å². The van der Waals surface area contributed by atoms with E-state index in [1.165, 1.54) is 5.06 Å². The van der Waals surface area contributed by atoms with Crippen molar-refractivity contribution in [2.24, 2.45) is 0 Å². The van der Waals surface area contributed by atoms with E-state index in [-0.39, 0.29) is 5.54 Å². The van der Waals surface area contributed by atoms with Crippen molar-refractivity contribution in [3.05, 3.63) is 18.3 Å². The van der Waals surface area contributed by atoms with Crippen molar-refractivity contribution in [3.8, 4) is 0 Å². The van der Waals surface area contributed by atoms with Crippen LogP contribution in [0.25, 0.3) is 0 Å². The average molecular weight is 212 g/mol. The number of hydroxylamine groups is 1. The number of rotatable bonds is 2. The highest BCUT2D eigenvalue weighted by Crippen LogP contribution is 2.21. The summed E-state index contributed by atoms with van der Waals surface area (Å²) in [6.07, 6.45) is 3.76. The van der Waals surface area contributed by atoms with E-state index in [0.717, 1.165) is 4.90 Å². The highest BCUT2D eigenvalue weighted by molar-refractivity contribution is 7.98. The smallest absolute Gasteiger partial charge is 0.152 e. The number of anilines is 1. The predicted molar refractivity (Wildman–Crippen MR) is 60.0 cm³/mol. The minimum Gasteiger partial charge on any atom is -0.286 e. The molecular weight excluding hydrogens is 196 g/mol. The van der Waals surface area contributed by atoms with Crippen LogP contribution in [0.2, 0.25) is 0 Å². The lowest BCUT2D eigenvalue weighted by Gasteiger charge is -2.30. The van der Waals surface area contributed by atoms with Crippen molar-refractivity contribution in [3.63, 3.8) is 0 Å². The molecule has 1 rings (SSSR count). The van der Waals surface area contributed by atoms with Gasteiger partial charge in [-0.05, 0) is 39.2 Å². The van der Waals surface area contributed by atoms with Crippen LogP contribution in [0.5, 0.6) is 0 Å². The van der Waals surface area contributed by atoms with E-state index in [2.05, 4.69) is 4.98 Å². The Kier molecular flexibility index (Phi) is 3.39. The van der Waals surface area contributed by atoms with Gasteiger partial charge in [0.1, 0.15) is 0 Å². The van der Waals surface area contributed by atoms with Gasteiger partial charge < -0.3 is 0 Å². The van der Waals surface area contributed by atoms with Crippen LogP contribution in [0.1, 0.15) is 20.8 Å². The van der Waals surface area contributed by atoms with Gasteiger partial charge in [0.2, 0.25) is 0 Å². The highest BCUT2D eigenvalue weighted by Gasteiger charge is 2.20. The monoisotopic (exact) mass is 212 g/mol. The van der Waals surface area contributed by atoms with Crippen molar-refractivity contribution < 1.29 is 5.21 Å². The third-order valence-electron chi connectivity index (χ3n) is 1.81. The van der Waals surface area contributed by atoms with Gasteiger partial charge in [-0.3, -0.25) is 5.21 Å². The lowest BCUT2D eigenvalue weighted by molar-refractivity contribution is 0.178. The zero-order valence-corrected chi connectivity index (χ0v) is 9.80. The summed E-state index contributed by atoms with van der Waals surface area (Å²) in [5, 5.41) is 11.0. The fourth-order valence-electron chi connectivity index (χ4n) is 0.962. The van der Waals surface area contributed by atoms with Crippen LogP contribution in [-0.2, 0) is 0 Å². The standard InChI is InChI=1S/C10H16N2OS/c1-10(2,3)12(13)9-6-5-8(14-4)7-11-9/h5-7,13H,1-4H3. The van der Waals surface area contributed by atoms with E-state index in [0.29, 0.717) is 5.82 Å². The quantitative estimate of drug-likeness (QED) is 0.604. The first-order chi connectivity index (χ1) is 6.45. The highest BCUT2D eigenvalue weighted by atomic mass is 32.2. The Balaban J connectivity index is 2.87. The van der Waals surface area contributed by atoms with Crippen LogP contribution >= 0.6 is 11.8 Å². The molecule has 0 fully saturated rings. The summed E-state index contributed by atoms with van der Waals surface area (Å²) in [6, 6.07) is 3.76. The lowest BCUT2D eigenvalue weighted by Crippen LogP contribution is -2.39. The predicted octanol–water partition coefficient (Wildman–Crippen LogP) is 2.80. The summed E-state index contributed by atoms with van der Waals surface area (Å²) in [6.45, 7) is 5.78. The molecule has 1 heterocycles. The van der Waals surface area contributed by atoms with Gasteiger partial charge in [0.05, 0.1) is 5.54 Å². The molecule has 0 radical (unpaired) electrons. The normalized spacial score (nSPS) is 11.5. The molecule has 1 aromatic rings. The molecule has 78 valence electrons. The first-order valence-corrected chi connectivity index (χ1v) is 5.67. The maximum atomic E-state index is 9.78. The maximum Gasteiger partial charge on any atom is 0.152 e. The number of thioether (sulfide) groups is 1.